The third-order valence-electron chi connectivity index (χ3n) is 3.75. The predicted molar refractivity (Wildman–Crippen MR) is 92.7 cm³/mol. The summed E-state index contributed by atoms with van der Waals surface area (Å²) >= 11 is 0. The molecule has 23 heavy (non-hydrogen) atoms. The number of carbonyl (C=O) groups is 1. The van der Waals surface area contributed by atoms with E-state index in [4.69, 9.17) is 0 Å². The van der Waals surface area contributed by atoms with E-state index in [0.29, 0.717) is 26.1 Å². The van der Waals surface area contributed by atoms with Crippen molar-refractivity contribution >= 4 is 36.4 Å². The van der Waals surface area contributed by atoms with Gasteiger partial charge in [-0.25, -0.2) is 8.78 Å². The lowest BCUT2D eigenvalue weighted by Crippen LogP contribution is -2.42. The van der Waals surface area contributed by atoms with Gasteiger partial charge in [-0.3, -0.25) is 4.79 Å². The lowest BCUT2D eigenvalue weighted by molar-refractivity contribution is -0.124. The second-order valence-corrected chi connectivity index (χ2v) is 5.47. The zero-order chi connectivity index (χ0) is 15.4. The zero-order valence-corrected chi connectivity index (χ0v) is 14.8. The Bertz CT molecular complexity index is 499. The van der Waals surface area contributed by atoms with Crippen molar-refractivity contribution in [2.45, 2.75) is 19.4 Å². The lowest BCUT2D eigenvalue weighted by atomic mass is 10.1. The van der Waals surface area contributed by atoms with E-state index >= 15 is 0 Å². The molecule has 1 aliphatic heterocycles. The molecule has 1 amide bonds. The van der Waals surface area contributed by atoms with E-state index in [1.54, 1.807) is 11.9 Å². The van der Waals surface area contributed by atoms with Crippen LogP contribution in [0, 0.1) is 17.6 Å². The number of halogens is 4. The first kappa shape index (κ1) is 21.9. The van der Waals surface area contributed by atoms with Gasteiger partial charge in [-0.1, -0.05) is 13.0 Å². The average Bonchev–Trinajstić information content (AvgIpc) is 2.87. The number of amides is 1. The van der Waals surface area contributed by atoms with Gasteiger partial charge < -0.3 is 15.5 Å². The summed E-state index contributed by atoms with van der Waals surface area (Å²) in [4.78, 5) is 13.6. The number of para-hydroxylation sites is 1. The molecular weight excluding hydrogens is 347 g/mol. The van der Waals surface area contributed by atoms with E-state index in [-0.39, 0.29) is 48.4 Å². The Morgan fingerprint density at radius 1 is 1.35 bits per heavy atom. The average molecular weight is 370 g/mol. The van der Waals surface area contributed by atoms with Crippen LogP contribution < -0.4 is 15.5 Å². The number of nitrogens with one attached hydrogen (secondary N) is 2. The van der Waals surface area contributed by atoms with Gasteiger partial charge in [0.2, 0.25) is 5.91 Å². The lowest BCUT2D eigenvalue weighted by Gasteiger charge is -2.21. The summed E-state index contributed by atoms with van der Waals surface area (Å²) < 4.78 is 27.5. The summed E-state index contributed by atoms with van der Waals surface area (Å²) in [6.07, 6.45) is 0.686. The first-order valence-electron chi connectivity index (χ1n) is 7.17. The molecule has 1 aromatic carbocycles. The van der Waals surface area contributed by atoms with Crippen molar-refractivity contribution < 1.29 is 13.6 Å². The van der Waals surface area contributed by atoms with E-state index in [0.717, 1.165) is 0 Å². The first-order valence-corrected chi connectivity index (χ1v) is 7.17. The van der Waals surface area contributed by atoms with Crippen LogP contribution in [-0.4, -0.2) is 38.6 Å². The molecule has 1 heterocycles. The largest absolute Gasteiger partial charge is 0.365 e. The maximum Gasteiger partial charge on any atom is 0.224 e. The van der Waals surface area contributed by atoms with Crippen LogP contribution in [0.25, 0.3) is 0 Å². The van der Waals surface area contributed by atoms with E-state index in [9.17, 15) is 13.6 Å². The SMILES string of the molecule is CNCC(C)C(=O)NC1CCN(c2c(F)cccc2F)C1.Cl.Cl. The molecule has 0 aromatic heterocycles. The van der Waals surface area contributed by atoms with E-state index in [1.165, 1.54) is 18.2 Å². The summed E-state index contributed by atoms with van der Waals surface area (Å²) in [5, 5.41) is 5.89. The van der Waals surface area contributed by atoms with Gasteiger partial charge in [-0.15, -0.1) is 24.8 Å². The molecule has 2 atom stereocenters. The van der Waals surface area contributed by atoms with Gasteiger partial charge in [0, 0.05) is 31.6 Å². The third-order valence-corrected chi connectivity index (χ3v) is 3.75. The number of anilines is 1. The molecule has 0 saturated carbocycles. The van der Waals surface area contributed by atoms with Gasteiger partial charge in [0.15, 0.2) is 0 Å². The molecule has 132 valence electrons. The number of nitrogens with zero attached hydrogens (tertiary/aromatic N) is 1. The van der Waals surface area contributed by atoms with Crippen LogP contribution in [0.5, 0.6) is 0 Å². The molecule has 1 fully saturated rings. The van der Waals surface area contributed by atoms with Gasteiger partial charge in [0.25, 0.3) is 0 Å². The van der Waals surface area contributed by atoms with Crippen molar-refractivity contribution in [3.63, 3.8) is 0 Å². The van der Waals surface area contributed by atoms with Crippen LogP contribution in [0.3, 0.4) is 0 Å². The van der Waals surface area contributed by atoms with Crippen molar-refractivity contribution in [1.29, 1.82) is 0 Å². The number of hydrogen-bond acceptors (Lipinski definition) is 3. The quantitative estimate of drug-likeness (QED) is 0.837. The van der Waals surface area contributed by atoms with E-state index in [1.807, 2.05) is 6.92 Å². The highest BCUT2D eigenvalue weighted by Gasteiger charge is 2.28. The fraction of sp³-hybridized carbons (Fsp3) is 0.533. The minimum Gasteiger partial charge on any atom is -0.365 e. The fourth-order valence-electron chi connectivity index (χ4n) is 2.61. The van der Waals surface area contributed by atoms with Gasteiger partial charge in [0.05, 0.1) is 0 Å². The van der Waals surface area contributed by atoms with E-state index in [2.05, 4.69) is 10.6 Å². The van der Waals surface area contributed by atoms with Gasteiger partial charge in [-0.05, 0) is 25.6 Å². The second-order valence-electron chi connectivity index (χ2n) is 5.47. The summed E-state index contributed by atoms with van der Waals surface area (Å²) in [5.74, 6) is -1.30. The Hall–Kier alpha value is -1.11. The van der Waals surface area contributed by atoms with Gasteiger partial charge in [0.1, 0.15) is 17.3 Å². The highest BCUT2D eigenvalue weighted by atomic mass is 35.5. The van der Waals surface area contributed by atoms with Crippen LogP contribution in [0.4, 0.5) is 14.5 Å². The molecule has 1 aromatic rings. The number of rotatable bonds is 5. The Morgan fingerprint density at radius 2 is 1.96 bits per heavy atom. The van der Waals surface area contributed by atoms with Crippen LogP contribution in [0.2, 0.25) is 0 Å². The predicted octanol–water partition coefficient (Wildman–Crippen LogP) is 2.36. The standard InChI is InChI=1S/C15H21F2N3O.2ClH/c1-10(8-18-2)15(21)19-11-6-7-20(9-11)14-12(16)4-3-5-13(14)17;;/h3-5,10-11,18H,6-9H2,1-2H3,(H,19,21);2*1H. The Labute approximate surface area is 147 Å². The third kappa shape index (κ3) is 5.48. The highest BCUT2D eigenvalue weighted by Crippen LogP contribution is 2.26. The Balaban J connectivity index is 0.00000242. The summed E-state index contributed by atoms with van der Waals surface area (Å²) in [5.41, 5.74) is -0.00229. The molecule has 2 rings (SSSR count). The topological polar surface area (TPSA) is 44.4 Å². The van der Waals surface area contributed by atoms with Crippen LogP contribution in [0.15, 0.2) is 18.2 Å². The van der Waals surface area contributed by atoms with Crippen molar-refractivity contribution in [3.8, 4) is 0 Å². The number of carbonyl (C=O) groups excluding carboxylic acids is 1. The molecular formula is C15H23Cl2F2N3O. The molecule has 0 spiro atoms. The second kappa shape index (κ2) is 9.90. The summed E-state index contributed by atoms with van der Waals surface area (Å²) in [6, 6.07) is 3.78. The summed E-state index contributed by atoms with van der Waals surface area (Å²) in [6.45, 7) is 3.40. The molecule has 2 N–H and O–H groups in total. The minimum absolute atomic E-state index is 0. The van der Waals surface area contributed by atoms with Crippen LogP contribution >= 0.6 is 24.8 Å². The number of hydrogen-bond donors (Lipinski definition) is 2. The molecule has 0 bridgehead atoms. The zero-order valence-electron chi connectivity index (χ0n) is 13.1. The summed E-state index contributed by atoms with van der Waals surface area (Å²) in [7, 11) is 1.79. The maximum atomic E-state index is 13.7. The normalized spacial score (nSPS) is 17.9. The van der Waals surface area contributed by atoms with Crippen LogP contribution in [0.1, 0.15) is 13.3 Å². The van der Waals surface area contributed by atoms with Gasteiger partial charge in [-0.2, -0.15) is 0 Å². The molecule has 0 aliphatic carbocycles. The van der Waals surface area contributed by atoms with Crippen molar-refractivity contribution in [2.75, 3.05) is 31.6 Å². The van der Waals surface area contributed by atoms with Crippen molar-refractivity contribution in [1.82, 2.24) is 10.6 Å². The fourth-order valence-corrected chi connectivity index (χ4v) is 2.61. The smallest absolute Gasteiger partial charge is 0.224 e. The first-order chi connectivity index (χ1) is 10.0. The Kier molecular flexibility index (Phi) is 9.42. The van der Waals surface area contributed by atoms with Crippen LogP contribution in [-0.2, 0) is 4.79 Å². The molecule has 8 heteroatoms. The van der Waals surface area contributed by atoms with E-state index < -0.39 is 11.6 Å². The van der Waals surface area contributed by atoms with Crippen molar-refractivity contribution in [3.05, 3.63) is 29.8 Å². The van der Waals surface area contributed by atoms with Gasteiger partial charge >= 0.3 is 0 Å². The maximum absolute atomic E-state index is 13.7. The monoisotopic (exact) mass is 369 g/mol. The minimum atomic E-state index is -0.564. The molecule has 1 saturated heterocycles. The number of benzene rings is 1. The molecule has 2 unspecified atom stereocenters. The highest BCUT2D eigenvalue weighted by molar-refractivity contribution is 5.85. The molecule has 1 aliphatic rings. The van der Waals surface area contributed by atoms with Crippen molar-refractivity contribution in [2.24, 2.45) is 5.92 Å². The Morgan fingerprint density at radius 3 is 2.52 bits per heavy atom. The molecule has 4 nitrogen and oxygen atoms in total. The molecule has 0 radical (unpaired) electrons.